The molecule has 0 atom stereocenters. The lowest BCUT2D eigenvalue weighted by molar-refractivity contribution is -0.145. The Balaban J connectivity index is 2.01. The fourth-order valence-electron chi connectivity index (χ4n) is 1.98. The molecule has 0 saturated carbocycles. The van der Waals surface area contributed by atoms with E-state index in [0.717, 1.165) is 18.8 Å². The Bertz CT molecular complexity index is 416. The Morgan fingerprint density at radius 3 is 2.79 bits per heavy atom. The summed E-state index contributed by atoms with van der Waals surface area (Å²) in [6.45, 7) is 5.18. The number of rotatable bonds is 5. The Morgan fingerprint density at radius 2 is 2.05 bits per heavy atom. The first kappa shape index (κ1) is 13.7. The molecule has 19 heavy (non-hydrogen) atoms. The van der Waals surface area contributed by atoms with Crippen LogP contribution in [0.15, 0.2) is 24.3 Å². The van der Waals surface area contributed by atoms with Crippen LogP contribution in [0.1, 0.15) is 6.92 Å². The smallest absolute Gasteiger partial charge is 0.344 e. The largest absolute Gasteiger partial charge is 0.480 e. The maximum atomic E-state index is 11.3. The van der Waals surface area contributed by atoms with Crippen molar-refractivity contribution in [3.8, 4) is 5.75 Å². The van der Waals surface area contributed by atoms with Crippen molar-refractivity contribution in [3.63, 3.8) is 0 Å². The SMILES string of the molecule is CCOC(=O)COc1ccccc1N1CCOCC1. The minimum atomic E-state index is -0.348. The quantitative estimate of drug-likeness (QED) is 0.754. The van der Waals surface area contributed by atoms with E-state index in [-0.39, 0.29) is 12.6 Å². The zero-order valence-electron chi connectivity index (χ0n) is 11.1. The van der Waals surface area contributed by atoms with Crippen LogP contribution in [0.4, 0.5) is 5.69 Å². The maximum Gasteiger partial charge on any atom is 0.344 e. The van der Waals surface area contributed by atoms with E-state index in [0.29, 0.717) is 25.6 Å². The van der Waals surface area contributed by atoms with Gasteiger partial charge in [-0.2, -0.15) is 0 Å². The third-order valence-electron chi connectivity index (χ3n) is 2.87. The van der Waals surface area contributed by atoms with Gasteiger partial charge in [0.25, 0.3) is 0 Å². The van der Waals surface area contributed by atoms with E-state index >= 15 is 0 Å². The van der Waals surface area contributed by atoms with Crippen molar-refractivity contribution in [1.29, 1.82) is 0 Å². The summed E-state index contributed by atoms with van der Waals surface area (Å²) in [4.78, 5) is 13.5. The highest BCUT2D eigenvalue weighted by molar-refractivity contribution is 5.71. The van der Waals surface area contributed by atoms with Gasteiger partial charge in [-0.25, -0.2) is 4.79 Å². The molecule has 5 nitrogen and oxygen atoms in total. The highest BCUT2D eigenvalue weighted by atomic mass is 16.6. The Labute approximate surface area is 113 Å². The zero-order valence-corrected chi connectivity index (χ0v) is 11.1. The van der Waals surface area contributed by atoms with E-state index in [1.165, 1.54) is 0 Å². The predicted molar refractivity (Wildman–Crippen MR) is 71.6 cm³/mol. The monoisotopic (exact) mass is 265 g/mol. The molecule has 1 aliphatic rings. The van der Waals surface area contributed by atoms with Gasteiger partial charge in [0.05, 0.1) is 25.5 Å². The van der Waals surface area contributed by atoms with E-state index in [9.17, 15) is 4.79 Å². The topological polar surface area (TPSA) is 48.0 Å². The van der Waals surface area contributed by atoms with Gasteiger partial charge >= 0.3 is 5.97 Å². The molecule has 5 heteroatoms. The van der Waals surface area contributed by atoms with Crippen LogP contribution in [0.5, 0.6) is 5.75 Å². The summed E-state index contributed by atoms with van der Waals surface area (Å²) >= 11 is 0. The number of nitrogens with zero attached hydrogens (tertiary/aromatic N) is 1. The summed E-state index contributed by atoms with van der Waals surface area (Å²) in [5, 5.41) is 0. The van der Waals surface area contributed by atoms with Gasteiger partial charge < -0.3 is 19.1 Å². The number of carbonyl (C=O) groups is 1. The van der Waals surface area contributed by atoms with Crippen molar-refractivity contribution in [3.05, 3.63) is 24.3 Å². The second-order valence-electron chi connectivity index (χ2n) is 4.16. The van der Waals surface area contributed by atoms with Crippen molar-refractivity contribution >= 4 is 11.7 Å². The van der Waals surface area contributed by atoms with Gasteiger partial charge in [-0.15, -0.1) is 0 Å². The number of hydrogen-bond donors (Lipinski definition) is 0. The van der Waals surface area contributed by atoms with Crippen molar-refractivity contribution in [2.75, 3.05) is 44.4 Å². The molecular weight excluding hydrogens is 246 g/mol. The molecule has 0 bridgehead atoms. The molecule has 104 valence electrons. The third-order valence-corrected chi connectivity index (χ3v) is 2.87. The van der Waals surface area contributed by atoms with Crippen LogP contribution in [-0.4, -0.2) is 45.5 Å². The van der Waals surface area contributed by atoms with Crippen molar-refractivity contribution in [2.24, 2.45) is 0 Å². The Hall–Kier alpha value is -1.75. The molecule has 0 spiro atoms. The van der Waals surface area contributed by atoms with Gasteiger partial charge in [-0.3, -0.25) is 0 Å². The van der Waals surface area contributed by atoms with Gasteiger partial charge in [-0.05, 0) is 19.1 Å². The Morgan fingerprint density at radius 1 is 1.32 bits per heavy atom. The zero-order chi connectivity index (χ0) is 13.5. The Kier molecular flexibility index (Phi) is 5.03. The van der Waals surface area contributed by atoms with E-state index in [1.807, 2.05) is 24.3 Å². The number of benzene rings is 1. The molecule has 0 radical (unpaired) electrons. The van der Waals surface area contributed by atoms with Crippen molar-refractivity contribution < 1.29 is 19.0 Å². The lowest BCUT2D eigenvalue weighted by atomic mass is 10.2. The van der Waals surface area contributed by atoms with Gasteiger partial charge in [0.1, 0.15) is 5.75 Å². The summed E-state index contributed by atoms with van der Waals surface area (Å²) in [5.41, 5.74) is 0.995. The number of para-hydroxylation sites is 2. The average molecular weight is 265 g/mol. The fourth-order valence-corrected chi connectivity index (χ4v) is 1.98. The number of ether oxygens (including phenoxy) is 3. The van der Waals surface area contributed by atoms with Gasteiger partial charge in [0.2, 0.25) is 0 Å². The first-order valence-corrected chi connectivity index (χ1v) is 6.51. The molecule has 1 fully saturated rings. The molecular formula is C14H19NO4. The number of carbonyl (C=O) groups excluding carboxylic acids is 1. The normalized spacial score (nSPS) is 15.1. The van der Waals surface area contributed by atoms with Gasteiger partial charge in [0, 0.05) is 13.1 Å². The molecule has 0 N–H and O–H groups in total. The van der Waals surface area contributed by atoms with Crippen LogP contribution in [0.25, 0.3) is 0 Å². The molecule has 1 aromatic carbocycles. The standard InChI is InChI=1S/C14H19NO4/c1-2-18-14(16)11-19-13-6-4-3-5-12(13)15-7-9-17-10-8-15/h3-6H,2,7-11H2,1H3. The summed E-state index contributed by atoms with van der Waals surface area (Å²) < 4.78 is 15.7. The minimum absolute atomic E-state index is 0.0603. The lowest BCUT2D eigenvalue weighted by Gasteiger charge is -2.30. The molecule has 1 aliphatic heterocycles. The minimum Gasteiger partial charge on any atom is -0.480 e. The van der Waals surface area contributed by atoms with Crippen molar-refractivity contribution in [2.45, 2.75) is 6.92 Å². The highest BCUT2D eigenvalue weighted by Crippen LogP contribution is 2.28. The van der Waals surface area contributed by atoms with Crippen molar-refractivity contribution in [1.82, 2.24) is 0 Å². The van der Waals surface area contributed by atoms with Gasteiger partial charge in [0.15, 0.2) is 6.61 Å². The van der Waals surface area contributed by atoms with Crippen LogP contribution < -0.4 is 9.64 Å². The third kappa shape index (κ3) is 3.86. The maximum absolute atomic E-state index is 11.3. The molecule has 2 rings (SSSR count). The number of anilines is 1. The van der Waals surface area contributed by atoms with E-state index < -0.39 is 0 Å². The van der Waals surface area contributed by atoms with E-state index in [1.54, 1.807) is 6.92 Å². The lowest BCUT2D eigenvalue weighted by Crippen LogP contribution is -2.36. The second kappa shape index (κ2) is 6.99. The predicted octanol–water partition coefficient (Wildman–Crippen LogP) is 1.47. The highest BCUT2D eigenvalue weighted by Gasteiger charge is 2.15. The summed E-state index contributed by atoms with van der Waals surface area (Å²) in [5.74, 6) is 0.358. The second-order valence-corrected chi connectivity index (χ2v) is 4.16. The summed E-state index contributed by atoms with van der Waals surface area (Å²) in [6.07, 6.45) is 0. The number of morpholine rings is 1. The van der Waals surface area contributed by atoms with Crippen LogP contribution in [0, 0.1) is 0 Å². The fraction of sp³-hybridized carbons (Fsp3) is 0.500. The summed E-state index contributed by atoms with van der Waals surface area (Å²) in [7, 11) is 0. The van der Waals surface area contributed by atoms with Crippen LogP contribution >= 0.6 is 0 Å². The molecule has 1 aromatic rings. The molecule has 0 amide bonds. The van der Waals surface area contributed by atoms with Crippen LogP contribution in [0.2, 0.25) is 0 Å². The average Bonchev–Trinajstić information content (AvgIpc) is 2.47. The molecule has 0 aliphatic carbocycles. The molecule has 0 aromatic heterocycles. The number of hydrogen-bond acceptors (Lipinski definition) is 5. The van der Waals surface area contributed by atoms with Gasteiger partial charge in [-0.1, -0.05) is 12.1 Å². The molecule has 0 unspecified atom stereocenters. The first-order valence-electron chi connectivity index (χ1n) is 6.51. The van der Waals surface area contributed by atoms with Crippen LogP contribution in [-0.2, 0) is 14.3 Å². The summed E-state index contributed by atoms with van der Waals surface area (Å²) in [6, 6.07) is 7.71. The van der Waals surface area contributed by atoms with E-state index in [2.05, 4.69) is 4.90 Å². The number of esters is 1. The first-order chi connectivity index (χ1) is 9.31. The molecule has 1 heterocycles. The molecule has 1 saturated heterocycles. The van der Waals surface area contributed by atoms with E-state index in [4.69, 9.17) is 14.2 Å². The van der Waals surface area contributed by atoms with Crippen LogP contribution in [0.3, 0.4) is 0 Å².